The number of rotatable bonds is 4. The van der Waals surface area contributed by atoms with Crippen molar-refractivity contribution in [2.75, 3.05) is 10.6 Å². The van der Waals surface area contributed by atoms with Crippen LogP contribution in [0, 0.1) is 29.9 Å². The summed E-state index contributed by atoms with van der Waals surface area (Å²) >= 11 is 0. The molecule has 0 spiro atoms. The molecule has 1 aromatic heterocycles. The van der Waals surface area contributed by atoms with Gasteiger partial charge in [0.1, 0.15) is 23.1 Å². The van der Waals surface area contributed by atoms with Gasteiger partial charge in [-0.15, -0.1) is 0 Å². The summed E-state index contributed by atoms with van der Waals surface area (Å²) in [6, 6.07) is 14.1. The van der Waals surface area contributed by atoms with Gasteiger partial charge in [-0.3, -0.25) is 0 Å². The molecule has 0 bridgehead atoms. The smallest absolute Gasteiger partial charge is 0.229 e. The molecule has 5 nitrogen and oxygen atoms in total. The summed E-state index contributed by atoms with van der Waals surface area (Å²) in [4.78, 5) is 8.36. The van der Waals surface area contributed by atoms with E-state index in [9.17, 15) is 8.78 Å². The van der Waals surface area contributed by atoms with Crippen molar-refractivity contribution in [3.05, 3.63) is 71.4 Å². The topological polar surface area (TPSA) is 73.6 Å². The lowest BCUT2D eigenvalue weighted by atomic mass is 10.2. The van der Waals surface area contributed by atoms with Crippen LogP contribution in [0.25, 0.3) is 0 Å². The minimum atomic E-state index is -0.730. The van der Waals surface area contributed by atoms with Crippen LogP contribution in [0.2, 0.25) is 0 Å². The van der Waals surface area contributed by atoms with Crippen LogP contribution in [0.15, 0.2) is 48.5 Å². The Kier molecular flexibility index (Phi) is 4.53. The van der Waals surface area contributed by atoms with Gasteiger partial charge in [-0.2, -0.15) is 10.2 Å². The van der Waals surface area contributed by atoms with Crippen LogP contribution < -0.4 is 10.6 Å². The van der Waals surface area contributed by atoms with Gasteiger partial charge in [0, 0.05) is 17.4 Å². The van der Waals surface area contributed by atoms with Gasteiger partial charge in [-0.25, -0.2) is 13.8 Å². The molecule has 7 heteroatoms. The van der Waals surface area contributed by atoms with Crippen molar-refractivity contribution in [2.24, 2.45) is 0 Å². The third-order valence-electron chi connectivity index (χ3n) is 3.34. The first-order valence-electron chi connectivity index (χ1n) is 7.39. The van der Waals surface area contributed by atoms with Crippen LogP contribution in [0.1, 0.15) is 11.3 Å². The molecular weight excluding hydrogens is 324 g/mol. The maximum absolute atomic E-state index is 13.8. The highest BCUT2D eigenvalue weighted by Crippen LogP contribution is 2.23. The fourth-order valence-electron chi connectivity index (χ4n) is 2.19. The Morgan fingerprint density at radius 2 is 1.64 bits per heavy atom. The van der Waals surface area contributed by atoms with E-state index in [2.05, 4.69) is 20.6 Å². The van der Waals surface area contributed by atoms with Crippen molar-refractivity contribution in [2.45, 2.75) is 6.92 Å². The van der Waals surface area contributed by atoms with Crippen molar-refractivity contribution < 1.29 is 8.78 Å². The van der Waals surface area contributed by atoms with Gasteiger partial charge >= 0.3 is 0 Å². The summed E-state index contributed by atoms with van der Waals surface area (Å²) in [5.41, 5.74) is 1.57. The van der Waals surface area contributed by atoms with Crippen LogP contribution in [-0.2, 0) is 0 Å². The van der Waals surface area contributed by atoms with Crippen LogP contribution in [0.5, 0.6) is 0 Å². The van der Waals surface area contributed by atoms with Crippen molar-refractivity contribution in [3.63, 3.8) is 0 Å². The Morgan fingerprint density at radius 1 is 0.960 bits per heavy atom. The summed E-state index contributed by atoms with van der Waals surface area (Å²) in [5, 5.41) is 14.4. The van der Waals surface area contributed by atoms with Gasteiger partial charge in [-0.05, 0) is 43.3 Å². The lowest BCUT2D eigenvalue weighted by Crippen LogP contribution is -2.04. The van der Waals surface area contributed by atoms with Crippen LogP contribution in [0.4, 0.5) is 31.9 Å². The van der Waals surface area contributed by atoms with E-state index in [0.29, 0.717) is 17.1 Å². The highest BCUT2D eigenvalue weighted by Gasteiger charge is 2.11. The largest absolute Gasteiger partial charge is 0.340 e. The zero-order valence-electron chi connectivity index (χ0n) is 13.2. The Labute approximate surface area is 143 Å². The summed E-state index contributed by atoms with van der Waals surface area (Å²) in [6.45, 7) is 1.74. The molecule has 1 heterocycles. The van der Waals surface area contributed by atoms with E-state index in [1.54, 1.807) is 37.3 Å². The first-order valence-corrected chi connectivity index (χ1v) is 7.39. The molecule has 0 saturated heterocycles. The Bertz CT molecular complexity index is 928. The minimum Gasteiger partial charge on any atom is -0.340 e. The van der Waals surface area contributed by atoms with E-state index in [0.717, 1.165) is 17.8 Å². The van der Waals surface area contributed by atoms with E-state index in [4.69, 9.17) is 5.26 Å². The van der Waals surface area contributed by atoms with Gasteiger partial charge in [0.05, 0.1) is 11.6 Å². The number of benzene rings is 2. The monoisotopic (exact) mass is 337 g/mol. The lowest BCUT2D eigenvalue weighted by Gasteiger charge is -2.11. The predicted octanol–water partition coefficient (Wildman–Crippen LogP) is 4.42. The number of halogens is 2. The molecule has 0 radical (unpaired) electrons. The van der Waals surface area contributed by atoms with Crippen LogP contribution >= 0.6 is 0 Å². The van der Waals surface area contributed by atoms with Gasteiger partial charge in [-0.1, -0.05) is 6.07 Å². The van der Waals surface area contributed by atoms with Crippen molar-refractivity contribution in [1.29, 1.82) is 5.26 Å². The molecule has 2 N–H and O–H groups in total. The second-order valence-corrected chi connectivity index (χ2v) is 5.25. The van der Waals surface area contributed by atoms with E-state index < -0.39 is 11.6 Å². The molecule has 0 atom stereocenters. The normalized spacial score (nSPS) is 10.2. The quantitative estimate of drug-likeness (QED) is 0.737. The van der Waals surface area contributed by atoms with Crippen LogP contribution in [0.3, 0.4) is 0 Å². The fraction of sp³-hybridized carbons (Fsp3) is 0.0556. The van der Waals surface area contributed by atoms with Crippen LogP contribution in [-0.4, -0.2) is 9.97 Å². The number of aromatic nitrogens is 2. The molecule has 0 aliphatic heterocycles. The maximum atomic E-state index is 13.8. The zero-order chi connectivity index (χ0) is 17.8. The zero-order valence-corrected chi connectivity index (χ0v) is 13.2. The number of hydrogen-bond donors (Lipinski definition) is 2. The second-order valence-electron chi connectivity index (χ2n) is 5.25. The SMILES string of the molecule is Cc1cc(Nc2ccc(C#N)cc2)nc(Nc2c(F)cccc2F)n1. The molecule has 3 aromatic rings. The van der Waals surface area contributed by atoms with Gasteiger partial charge < -0.3 is 10.6 Å². The second kappa shape index (κ2) is 6.93. The summed E-state index contributed by atoms with van der Waals surface area (Å²) in [5.74, 6) is -0.935. The number of para-hydroxylation sites is 1. The molecule has 124 valence electrons. The highest BCUT2D eigenvalue weighted by molar-refractivity contribution is 5.61. The average molecular weight is 337 g/mol. The molecule has 3 rings (SSSR count). The Morgan fingerprint density at radius 3 is 2.28 bits per heavy atom. The van der Waals surface area contributed by atoms with E-state index >= 15 is 0 Å². The third kappa shape index (κ3) is 3.87. The number of aryl methyl sites for hydroxylation is 1. The average Bonchev–Trinajstić information content (AvgIpc) is 2.58. The highest BCUT2D eigenvalue weighted by atomic mass is 19.1. The molecule has 0 amide bonds. The minimum absolute atomic E-state index is 0.0696. The third-order valence-corrected chi connectivity index (χ3v) is 3.34. The first kappa shape index (κ1) is 16.3. The van der Waals surface area contributed by atoms with Crippen molar-refractivity contribution in [3.8, 4) is 6.07 Å². The molecule has 0 aliphatic rings. The maximum Gasteiger partial charge on any atom is 0.229 e. The predicted molar refractivity (Wildman–Crippen MR) is 90.8 cm³/mol. The van der Waals surface area contributed by atoms with Crippen molar-refractivity contribution >= 4 is 23.1 Å². The molecule has 0 fully saturated rings. The van der Waals surface area contributed by atoms with Crippen molar-refractivity contribution in [1.82, 2.24) is 9.97 Å². The summed E-state index contributed by atoms with van der Waals surface area (Å²) < 4.78 is 27.5. The number of nitriles is 1. The number of hydrogen-bond acceptors (Lipinski definition) is 5. The summed E-state index contributed by atoms with van der Waals surface area (Å²) in [6.07, 6.45) is 0. The summed E-state index contributed by atoms with van der Waals surface area (Å²) in [7, 11) is 0. The first-order chi connectivity index (χ1) is 12.0. The Balaban J connectivity index is 1.86. The molecule has 0 unspecified atom stereocenters. The number of nitrogens with one attached hydrogen (secondary N) is 2. The number of anilines is 4. The van der Waals surface area contributed by atoms with Gasteiger partial charge in [0.15, 0.2) is 0 Å². The molecule has 0 saturated carbocycles. The lowest BCUT2D eigenvalue weighted by molar-refractivity contribution is 0.590. The standard InChI is InChI=1S/C18H13F2N5/c1-11-9-16(23-13-7-5-12(10-21)6-8-13)24-18(22-11)25-17-14(19)3-2-4-15(17)20/h2-9H,1H3,(H2,22,23,24,25). The molecular formula is C18H13F2N5. The van der Waals surface area contributed by atoms with E-state index in [1.165, 1.54) is 6.07 Å². The van der Waals surface area contributed by atoms with E-state index in [1.807, 2.05) is 6.07 Å². The Hall–Kier alpha value is -3.53. The molecule has 25 heavy (non-hydrogen) atoms. The van der Waals surface area contributed by atoms with Gasteiger partial charge in [0.25, 0.3) is 0 Å². The molecule has 0 aliphatic carbocycles. The molecule has 2 aromatic carbocycles. The van der Waals surface area contributed by atoms with E-state index in [-0.39, 0.29) is 11.6 Å². The van der Waals surface area contributed by atoms with Gasteiger partial charge in [0.2, 0.25) is 5.95 Å². The number of nitrogens with zero attached hydrogens (tertiary/aromatic N) is 3. The fourth-order valence-corrected chi connectivity index (χ4v) is 2.19.